The Kier molecular flexibility index (Phi) is 5.99. The molecule has 1 aliphatic rings. The first-order valence-electron chi connectivity index (χ1n) is 12.0. The Labute approximate surface area is 221 Å². The van der Waals surface area contributed by atoms with Gasteiger partial charge in [0.15, 0.2) is 0 Å². The number of ether oxygens (including phenoxy) is 1. The molecule has 0 unspecified atom stereocenters. The fourth-order valence-corrected chi connectivity index (χ4v) is 7.23. The maximum atomic E-state index is 5.71. The Morgan fingerprint density at radius 2 is 1.34 bits per heavy atom. The van der Waals surface area contributed by atoms with Gasteiger partial charge in [-0.15, -0.1) is 0 Å². The largest absolute Gasteiger partial charge is 0.378 e. The fourth-order valence-electron chi connectivity index (χ4n) is 5.72. The van der Waals surface area contributed by atoms with Gasteiger partial charge in [0.1, 0.15) is 0 Å². The van der Waals surface area contributed by atoms with Gasteiger partial charge >= 0.3 is 0 Å². The van der Waals surface area contributed by atoms with E-state index in [2.05, 4.69) is 121 Å². The van der Waals surface area contributed by atoms with E-state index in [-0.39, 0.29) is 5.92 Å². The van der Waals surface area contributed by atoms with E-state index in [9.17, 15) is 0 Å². The van der Waals surface area contributed by atoms with Gasteiger partial charge in [0.05, 0.1) is 18.9 Å². The molecule has 0 atom stereocenters. The predicted molar refractivity (Wildman–Crippen MR) is 152 cm³/mol. The maximum absolute atomic E-state index is 5.71. The molecule has 0 spiro atoms. The molecule has 3 aromatic carbocycles. The van der Waals surface area contributed by atoms with Crippen LogP contribution in [0.3, 0.4) is 0 Å². The number of fused-ring (bicyclic) bond motifs is 2. The van der Waals surface area contributed by atoms with Crippen molar-refractivity contribution < 1.29 is 4.74 Å². The topological polar surface area (TPSA) is 44.0 Å². The van der Waals surface area contributed by atoms with Crippen LogP contribution >= 0.6 is 31.9 Å². The van der Waals surface area contributed by atoms with E-state index in [0.29, 0.717) is 0 Å². The predicted octanol–water partition coefficient (Wildman–Crippen LogP) is 7.81. The van der Waals surface area contributed by atoms with E-state index >= 15 is 0 Å². The van der Waals surface area contributed by atoms with Crippen molar-refractivity contribution in [3.63, 3.8) is 0 Å². The molecule has 35 heavy (non-hydrogen) atoms. The molecule has 0 aliphatic carbocycles. The number of hydrogen-bond acceptors (Lipinski definition) is 2. The monoisotopic (exact) mass is 591 g/mol. The second-order valence-corrected chi connectivity index (χ2v) is 11.0. The third-order valence-corrected chi connectivity index (χ3v) is 8.22. The Hall–Kier alpha value is -2.54. The number of aromatic nitrogens is 2. The van der Waals surface area contributed by atoms with E-state index in [4.69, 9.17) is 4.74 Å². The van der Waals surface area contributed by atoms with Gasteiger partial charge in [-0.2, -0.15) is 0 Å². The lowest BCUT2D eigenvalue weighted by atomic mass is 9.81. The van der Waals surface area contributed by atoms with E-state index < -0.39 is 0 Å². The molecule has 0 amide bonds. The molecule has 1 aliphatic heterocycles. The quantitative estimate of drug-likeness (QED) is 0.223. The van der Waals surface area contributed by atoms with Crippen molar-refractivity contribution in [3.05, 3.63) is 97.7 Å². The number of nitrogens with one attached hydrogen (secondary N) is 2. The second-order valence-electron chi connectivity index (χ2n) is 9.28. The van der Waals surface area contributed by atoms with E-state index in [1.54, 1.807) is 0 Å². The van der Waals surface area contributed by atoms with Crippen LogP contribution in [0.1, 0.15) is 34.0 Å². The first kappa shape index (κ1) is 22.9. The Bertz CT molecular complexity index is 1460. The number of H-pyrrole nitrogens is 2. The van der Waals surface area contributed by atoms with Crippen molar-refractivity contribution in [2.24, 2.45) is 0 Å². The van der Waals surface area contributed by atoms with Crippen molar-refractivity contribution >= 4 is 59.4 Å². The number of morpholine rings is 1. The normalized spacial score (nSPS) is 14.5. The molecule has 6 rings (SSSR count). The highest BCUT2D eigenvalue weighted by Gasteiger charge is 2.31. The summed E-state index contributed by atoms with van der Waals surface area (Å²) in [6, 6.07) is 21.8. The summed E-state index contributed by atoms with van der Waals surface area (Å²) in [5.74, 6) is 0.0361. The first-order valence-corrected chi connectivity index (χ1v) is 13.6. The summed E-state index contributed by atoms with van der Waals surface area (Å²) in [4.78, 5) is 9.80. The van der Waals surface area contributed by atoms with E-state index in [0.717, 1.165) is 35.2 Å². The van der Waals surface area contributed by atoms with Gasteiger partial charge in [0.25, 0.3) is 0 Å². The summed E-state index contributed by atoms with van der Waals surface area (Å²) >= 11 is 7.75. The summed E-state index contributed by atoms with van der Waals surface area (Å²) in [6.45, 7) is 7.64. The SMILES string of the molecule is Cc1[nH]c2ccccc2c1C(c1cc(Br)cc(Br)c1N1CCOCC1)c1c(C)[nH]c2ccccc12. The van der Waals surface area contributed by atoms with Crippen molar-refractivity contribution in [2.75, 3.05) is 31.2 Å². The first-order chi connectivity index (χ1) is 17.0. The molecule has 178 valence electrons. The number of benzene rings is 3. The molecular weight excluding hydrogens is 566 g/mol. The molecule has 4 nitrogen and oxygen atoms in total. The zero-order chi connectivity index (χ0) is 24.1. The number of aryl methyl sites for hydroxylation is 2. The van der Waals surface area contributed by atoms with Crippen LogP contribution in [0.25, 0.3) is 21.8 Å². The number of para-hydroxylation sites is 2. The molecule has 2 N–H and O–H groups in total. The van der Waals surface area contributed by atoms with Crippen LogP contribution in [-0.2, 0) is 4.74 Å². The van der Waals surface area contributed by atoms with Crippen molar-refractivity contribution in [3.8, 4) is 0 Å². The average molecular weight is 593 g/mol. The maximum Gasteiger partial charge on any atom is 0.0642 e. The lowest BCUT2D eigenvalue weighted by Crippen LogP contribution is -2.37. The van der Waals surface area contributed by atoms with Gasteiger partial charge in [-0.25, -0.2) is 0 Å². The van der Waals surface area contributed by atoms with Crippen LogP contribution in [0.4, 0.5) is 5.69 Å². The van der Waals surface area contributed by atoms with Crippen LogP contribution in [0.2, 0.25) is 0 Å². The molecule has 1 saturated heterocycles. The zero-order valence-electron chi connectivity index (χ0n) is 19.8. The molecule has 3 heterocycles. The van der Waals surface area contributed by atoms with Crippen LogP contribution in [-0.4, -0.2) is 36.3 Å². The fraction of sp³-hybridized carbons (Fsp3) is 0.241. The standard InChI is InChI=1S/C29H27Br2N3O/c1-17-26(20-7-3-5-9-24(20)32-17)28(27-18(2)33-25-10-6-4-8-21(25)27)22-15-19(30)16-23(31)29(22)34-11-13-35-14-12-34/h3-10,15-16,28,32-33H,11-14H2,1-2H3. The minimum Gasteiger partial charge on any atom is -0.378 e. The molecule has 0 radical (unpaired) electrons. The Morgan fingerprint density at radius 1 is 0.800 bits per heavy atom. The highest BCUT2D eigenvalue weighted by molar-refractivity contribution is 9.11. The summed E-state index contributed by atoms with van der Waals surface area (Å²) in [5.41, 5.74) is 9.93. The number of hydrogen-bond donors (Lipinski definition) is 2. The molecule has 6 heteroatoms. The zero-order valence-corrected chi connectivity index (χ0v) is 23.0. The minimum atomic E-state index is 0.0361. The number of aromatic amines is 2. The van der Waals surface area contributed by atoms with Crippen LogP contribution in [0, 0.1) is 13.8 Å². The molecule has 0 saturated carbocycles. The smallest absolute Gasteiger partial charge is 0.0642 e. The lowest BCUT2D eigenvalue weighted by Gasteiger charge is -2.34. The van der Waals surface area contributed by atoms with Gasteiger partial charge in [-0.05, 0) is 70.7 Å². The highest BCUT2D eigenvalue weighted by atomic mass is 79.9. The third kappa shape index (κ3) is 3.92. The summed E-state index contributed by atoms with van der Waals surface area (Å²) in [7, 11) is 0. The van der Waals surface area contributed by atoms with Gasteiger partial charge in [0, 0.05) is 61.1 Å². The van der Waals surface area contributed by atoms with Crippen LogP contribution in [0.5, 0.6) is 0 Å². The molecular formula is C29H27Br2N3O. The number of nitrogens with zero attached hydrogens (tertiary/aromatic N) is 1. The second kappa shape index (κ2) is 9.16. The summed E-state index contributed by atoms with van der Waals surface area (Å²) in [6.07, 6.45) is 0. The molecule has 2 aromatic heterocycles. The van der Waals surface area contributed by atoms with Crippen molar-refractivity contribution in [2.45, 2.75) is 19.8 Å². The average Bonchev–Trinajstić information content (AvgIpc) is 3.36. The molecule has 1 fully saturated rings. The third-order valence-electron chi connectivity index (χ3n) is 7.16. The lowest BCUT2D eigenvalue weighted by molar-refractivity contribution is 0.122. The van der Waals surface area contributed by atoms with Crippen LogP contribution in [0.15, 0.2) is 69.6 Å². The van der Waals surface area contributed by atoms with Crippen LogP contribution < -0.4 is 4.90 Å². The van der Waals surface area contributed by atoms with Gasteiger partial charge in [0.2, 0.25) is 0 Å². The minimum absolute atomic E-state index is 0.0361. The van der Waals surface area contributed by atoms with Gasteiger partial charge in [-0.1, -0.05) is 52.3 Å². The van der Waals surface area contributed by atoms with E-state index in [1.165, 1.54) is 55.6 Å². The van der Waals surface area contributed by atoms with Gasteiger partial charge < -0.3 is 19.6 Å². The van der Waals surface area contributed by atoms with E-state index in [1.807, 2.05) is 0 Å². The van der Waals surface area contributed by atoms with Crippen molar-refractivity contribution in [1.82, 2.24) is 9.97 Å². The summed E-state index contributed by atoms with van der Waals surface area (Å²) < 4.78 is 7.87. The Balaban J connectivity index is 1.72. The molecule has 5 aromatic rings. The Morgan fingerprint density at radius 3 is 1.91 bits per heavy atom. The number of anilines is 1. The summed E-state index contributed by atoms with van der Waals surface area (Å²) in [5, 5.41) is 2.53. The van der Waals surface area contributed by atoms with Gasteiger partial charge in [-0.3, -0.25) is 0 Å². The number of halogens is 2. The molecule has 0 bridgehead atoms. The number of rotatable bonds is 4. The van der Waals surface area contributed by atoms with Crippen molar-refractivity contribution in [1.29, 1.82) is 0 Å². The highest BCUT2D eigenvalue weighted by Crippen LogP contribution is 2.48.